The molecule has 0 atom stereocenters. The van der Waals surface area contributed by atoms with Crippen molar-refractivity contribution in [3.05, 3.63) is 29.1 Å². The minimum Gasteiger partial charge on any atom is -0.481 e. The Hall–Kier alpha value is -1.57. The number of sulfone groups is 1. The van der Waals surface area contributed by atoms with Crippen molar-refractivity contribution in [2.45, 2.75) is 24.2 Å². The van der Waals surface area contributed by atoms with E-state index >= 15 is 0 Å². The van der Waals surface area contributed by atoms with Crippen LogP contribution in [0.15, 0.2) is 11.0 Å². The molecular formula is C11H11F3O4S. The highest BCUT2D eigenvalue weighted by Crippen LogP contribution is 2.25. The monoisotopic (exact) mass is 296 g/mol. The van der Waals surface area contributed by atoms with E-state index in [9.17, 15) is 26.4 Å². The summed E-state index contributed by atoms with van der Waals surface area (Å²) >= 11 is 0. The number of carbonyl (C=O) groups is 1. The summed E-state index contributed by atoms with van der Waals surface area (Å²) in [6, 6.07) is 0.580. The van der Waals surface area contributed by atoms with E-state index in [1.54, 1.807) is 0 Å². The number of halogens is 3. The molecule has 0 unspecified atom stereocenters. The van der Waals surface area contributed by atoms with E-state index in [1.807, 2.05) is 0 Å². The standard InChI is InChI=1S/C11H11F3O4S/c1-19(17,18)11-7(12)5-6(9(13)10(11)14)3-2-4-8(15)16/h5H,2-4H2,1H3,(H,15,16). The largest absolute Gasteiger partial charge is 0.481 e. The average Bonchev–Trinajstić information content (AvgIpc) is 2.22. The smallest absolute Gasteiger partial charge is 0.303 e. The fourth-order valence-corrected chi connectivity index (χ4v) is 2.41. The number of carboxylic acid groups (broad SMARTS) is 1. The van der Waals surface area contributed by atoms with Gasteiger partial charge in [0.05, 0.1) is 0 Å². The van der Waals surface area contributed by atoms with Gasteiger partial charge >= 0.3 is 5.97 Å². The van der Waals surface area contributed by atoms with Crippen molar-refractivity contribution in [3.63, 3.8) is 0 Å². The summed E-state index contributed by atoms with van der Waals surface area (Å²) < 4.78 is 62.7. The second-order valence-corrected chi connectivity index (χ2v) is 5.95. The first-order valence-corrected chi connectivity index (χ1v) is 7.12. The van der Waals surface area contributed by atoms with Gasteiger partial charge in [0.15, 0.2) is 21.5 Å². The van der Waals surface area contributed by atoms with Gasteiger partial charge in [-0.1, -0.05) is 0 Å². The van der Waals surface area contributed by atoms with Crippen molar-refractivity contribution in [2.75, 3.05) is 6.26 Å². The van der Waals surface area contributed by atoms with Gasteiger partial charge in [0.1, 0.15) is 10.7 Å². The van der Waals surface area contributed by atoms with E-state index in [0.717, 1.165) is 0 Å². The van der Waals surface area contributed by atoms with E-state index in [1.165, 1.54) is 0 Å². The Labute approximate surface area is 107 Å². The number of hydrogen-bond acceptors (Lipinski definition) is 3. The number of benzene rings is 1. The van der Waals surface area contributed by atoms with Gasteiger partial charge in [-0.25, -0.2) is 21.6 Å². The van der Waals surface area contributed by atoms with Crippen LogP contribution in [0.25, 0.3) is 0 Å². The lowest BCUT2D eigenvalue weighted by atomic mass is 10.1. The maximum atomic E-state index is 13.5. The normalized spacial score (nSPS) is 11.6. The van der Waals surface area contributed by atoms with Crippen LogP contribution in [0.2, 0.25) is 0 Å². The number of aliphatic carboxylic acids is 1. The third kappa shape index (κ3) is 3.69. The van der Waals surface area contributed by atoms with Gasteiger partial charge in [0.25, 0.3) is 0 Å². The topological polar surface area (TPSA) is 71.4 Å². The number of carboxylic acids is 1. The van der Waals surface area contributed by atoms with Crippen molar-refractivity contribution >= 4 is 15.8 Å². The molecule has 19 heavy (non-hydrogen) atoms. The average molecular weight is 296 g/mol. The summed E-state index contributed by atoms with van der Waals surface area (Å²) in [6.45, 7) is 0. The Morgan fingerprint density at radius 3 is 2.32 bits per heavy atom. The zero-order chi connectivity index (χ0) is 14.8. The molecule has 0 aliphatic heterocycles. The van der Waals surface area contributed by atoms with Crippen LogP contribution in [0.1, 0.15) is 18.4 Å². The Morgan fingerprint density at radius 1 is 1.26 bits per heavy atom. The van der Waals surface area contributed by atoms with Crippen molar-refractivity contribution in [1.29, 1.82) is 0 Å². The molecule has 0 aliphatic carbocycles. The zero-order valence-electron chi connectivity index (χ0n) is 9.91. The maximum Gasteiger partial charge on any atom is 0.303 e. The van der Waals surface area contributed by atoms with Gasteiger partial charge in [0.2, 0.25) is 0 Å². The molecular weight excluding hydrogens is 285 g/mol. The molecule has 8 heteroatoms. The van der Waals surface area contributed by atoms with Crippen molar-refractivity contribution in [3.8, 4) is 0 Å². The lowest BCUT2D eigenvalue weighted by molar-refractivity contribution is -0.137. The third-order valence-electron chi connectivity index (χ3n) is 2.40. The van der Waals surface area contributed by atoms with Gasteiger partial charge in [-0.2, -0.15) is 0 Å². The summed E-state index contributed by atoms with van der Waals surface area (Å²) in [4.78, 5) is 8.96. The zero-order valence-corrected chi connectivity index (χ0v) is 10.7. The van der Waals surface area contributed by atoms with Gasteiger partial charge in [-0.3, -0.25) is 4.79 Å². The van der Waals surface area contributed by atoms with Crippen molar-refractivity contribution < 1.29 is 31.5 Å². The molecule has 0 spiro atoms. The van der Waals surface area contributed by atoms with Crippen LogP contribution in [0.5, 0.6) is 0 Å². The molecule has 1 aromatic carbocycles. The Balaban J connectivity index is 3.15. The molecule has 1 N–H and O–H groups in total. The van der Waals surface area contributed by atoms with Gasteiger partial charge < -0.3 is 5.11 Å². The van der Waals surface area contributed by atoms with E-state index in [-0.39, 0.29) is 24.8 Å². The molecule has 0 heterocycles. The van der Waals surface area contributed by atoms with E-state index < -0.39 is 38.2 Å². The molecule has 0 aliphatic rings. The predicted octanol–water partition coefficient (Wildman–Crippen LogP) is 1.91. The van der Waals surface area contributed by atoms with Crippen LogP contribution in [0.4, 0.5) is 13.2 Å². The molecule has 0 radical (unpaired) electrons. The van der Waals surface area contributed by atoms with Crippen LogP contribution in [-0.2, 0) is 21.1 Å². The fourth-order valence-electron chi connectivity index (χ4n) is 1.58. The first kappa shape index (κ1) is 15.5. The van der Waals surface area contributed by atoms with Crippen LogP contribution in [0.3, 0.4) is 0 Å². The molecule has 4 nitrogen and oxygen atoms in total. The van der Waals surface area contributed by atoms with Crippen LogP contribution < -0.4 is 0 Å². The summed E-state index contributed by atoms with van der Waals surface area (Å²) in [7, 11) is -4.22. The number of aryl methyl sites for hydroxylation is 1. The molecule has 0 fully saturated rings. The van der Waals surface area contributed by atoms with E-state index in [0.29, 0.717) is 12.3 Å². The highest BCUT2D eigenvalue weighted by molar-refractivity contribution is 7.90. The summed E-state index contributed by atoms with van der Waals surface area (Å²) in [5.41, 5.74) is -0.386. The molecule has 106 valence electrons. The molecule has 0 saturated carbocycles. The predicted molar refractivity (Wildman–Crippen MR) is 60.0 cm³/mol. The quantitative estimate of drug-likeness (QED) is 0.843. The molecule has 1 rings (SSSR count). The summed E-state index contributed by atoms with van der Waals surface area (Å²) in [5.74, 6) is -5.74. The summed E-state index contributed by atoms with van der Waals surface area (Å²) in [5, 5.41) is 8.40. The highest BCUT2D eigenvalue weighted by atomic mass is 32.2. The SMILES string of the molecule is CS(=O)(=O)c1c(F)cc(CCCC(=O)O)c(F)c1F. The fraction of sp³-hybridized carbons (Fsp3) is 0.364. The molecule has 0 aromatic heterocycles. The first-order valence-electron chi connectivity index (χ1n) is 5.22. The van der Waals surface area contributed by atoms with E-state index in [4.69, 9.17) is 5.11 Å². The van der Waals surface area contributed by atoms with Crippen LogP contribution in [0, 0.1) is 17.5 Å². The second kappa shape index (κ2) is 5.60. The Bertz CT molecular complexity index is 611. The van der Waals surface area contributed by atoms with Gasteiger partial charge in [0, 0.05) is 12.7 Å². The third-order valence-corrected chi connectivity index (χ3v) is 3.52. The number of rotatable bonds is 5. The Morgan fingerprint density at radius 2 is 1.84 bits per heavy atom. The molecule has 0 bridgehead atoms. The lowest BCUT2D eigenvalue weighted by Crippen LogP contribution is -2.09. The second-order valence-electron chi connectivity index (χ2n) is 3.99. The van der Waals surface area contributed by atoms with Gasteiger partial charge in [-0.15, -0.1) is 0 Å². The Kier molecular flexibility index (Phi) is 4.56. The van der Waals surface area contributed by atoms with Gasteiger partial charge in [-0.05, 0) is 24.5 Å². The first-order chi connectivity index (χ1) is 8.64. The molecule has 0 saturated heterocycles. The van der Waals surface area contributed by atoms with Crippen LogP contribution in [-0.4, -0.2) is 25.7 Å². The van der Waals surface area contributed by atoms with Crippen molar-refractivity contribution in [1.82, 2.24) is 0 Å². The minimum atomic E-state index is -4.22. The maximum absolute atomic E-state index is 13.5. The molecule has 1 aromatic rings. The lowest BCUT2D eigenvalue weighted by Gasteiger charge is -2.08. The van der Waals surface area contributed by atoms with Crippen molar-refractivity contribution in [2.24, 2.45) is 0 Å². The summed E-state index contributed by atoms with van der Waals surface area (Å²) in [6.07, 6.45) is 0.0773. The number of hydrogen-bond donors (Lipinski definition) is 1. The molecule has 0 amide bonds. The minimum absolute atomic E-state index is 0.0106. The van der Waals surface area contributed by atoms with Crippen LogP contribution >= 0.6 is 0 Å². The highest BCUT2D eigenvalue weighted by Gasteiger charge is 2.25. The van der Waals surface area contributed by atoms with E-state index in [2.05, 4.69) is 0 Å².